The average molecular weight is 406 g/mol. The maximum atomic E-state index is 12.5. The van der Waals surface area contributed by atoms with Gasteiger partial charge in [0.15, 0.2) is 15.6 Å². The van der Waals surface area contributed by atoms with Crippen molar-refractivity contribution in [3.63, 3.8) is 0 Å². The zero-order valence-corrected chi connectivity index (χ0v) is 16.2. The van der Waals surface area contributed by atoms with E-state index < -0.39 is 15.1 Å². The van der Waals surface area contributed by atoms with E-state index in [0.717, 1.165) is 0 Å². The molecule has 0 N–H and O–H groups in total. The Hall–Kier alpha value is -2.18. The van der Waals surface area contributed by atoms with E-state index in [4.69, 9.17) is 11.6 Å². The number of nitrogens with zero attached hydrogens (tertiary/aromatic N) is 1. The summed E-state index contributed by atoms with van der Waals surface area (Å²) in [6.07, 6.45) is 1.00. The highest BCUT2D eigenvalue weighted by molar-refractivity contribution is 7.92. The lowest BCUT2D eigenvalue weighted by atomic mass is 10.0. The topological polar surface area (TPSA) is 71.5 Å². The largest absolute Gasteiger partial charge is 0.340 e. The number of benzene rings is 2. The maximum Gasteiger partial charge on any atom is 0.222 e. The molecule has 7 heteroatoms. The fourth-order valence-electron chi connectivity index (χ4n) is 2.98. The van der Waals surface area contributed by atoms with Gasteiger partial charge in [-0.3, -0.25) is 9.59 Å². The second-order valence-corrected chi connectivity index (χ2v) is 9.23. The first-order valence-electron chi connectivity index (χ1n) is 8.73. The number of halogens is 1. The van der Waals surface area contributed by atoms with Gasteiger partial charge in [-0.25, -0.2) is 8.42 Å². The van der Waals surface area contributed by atoms with Crippen molar-refractivity contribution in [1.29, 1.82) is 0 Å². The number of Topliss-reactive ketones (excluding diaryl/α,β-unsaturated/α-hetero) is 1. The van der Waals surface area contributed by atoms with Crippen LogP contribution in [-0.2, 0) is 14.6 Å². The van der Waals surface area contributed by atoms with E-state index >= 15 is 0 Å². The van der Waals surface area contributed by atoms with Crippen LogP contribution < -0.4 is 0 Å². The molecule has 1 heterocycles. The van der Waals surface area contributed by atoms with Crippen LogP contribution in [0.2, 0.25) is 5.02 Å². The predicted molar refractivity (Wildman–Crippen MR) is 104 cm³/mol. The summed E-state index contributed by atoms with van der Waals surface area (Å²) in [6.45, 7) is 0.382. The molecular formula is C20H20ClNO4S. The van der Waals surface area contributed by atoms with Gasteiger partial charge in [0, 0.05) is 36.5 Å². The van der Waals surface area contributed by atoms with Gasteiger partial charge in [0.05, 0.1) is 4.90 Å². The third kappa shape index (κ3) is 4.57. The summed E-state index contributed by atoms with van der Waals surface area (Å²) in [7, 11) is -3.46. The SMILES string of the molecule is O=C(CCCC(=O)N1CC(S(=O)(=O)c2ccc(Cl)cc2)C1)c1ccccc1. The summed E-state index contributed by atoms with van der Waals surface area (Å²) in [4.78, 5) is 26.0. The third-order valence-corrected chi connectivity index (χ3v) is 7.03. The number of ketones is 1. The molecule has 0 aliphatic carbocycles. The molecule has 1 saturated heterocycles. The Morgan fingerprint density at radius 2 is 1.59 bits per heavy atom. The normalized spacial score (nSPS) is 14.6. The van der Waals surface area contributed by atoms with Crippen molar-refractivity contribution in [2.45, 2.75) is 29.4 Å². The first kappa shape index (κ1) is 19.6. The molecule has 1 aliphatic heterocycles. The first-order valence-corrected chi connectivity index (χ1v) is 10.7. The third-order valence-electron chi connectivity index (χ3n) is 4.67. The molecule has 0 atom stereocenters. The number of carbonyl (C=O) groups excluding carboxylic acids is 2. The zero-order valence-electron chi connectivity index (χ0n) is 14.7. The molecule has 2 aromatic carbocycles. The van der Waals surface area contributed by atoms with E-state index in [0.29, 0.717) is 23.4 Å². The lowest BCUT2D eigenvalue weighted by Gasteiger charge is -2.38. The Kier molecular flexibility index (Phi) is 5.97. The summed E-state index contributed by atoms with van der Waals surface area (Å²) in [5, 5.41) is -0.113. The van der Waals surface area contributed by atoms with Crippen LogP contribution in [0.15, 0.2) is 59.5 Å². The number of carbonyl (C=O) groups is 2. The van der Waals surface area contributed by atoms with Gasteiger partial charge in [-0.15, -0.1) is 0 Å². The van der Waals surface area contributed by atoms with Gasteiger partial charge in [0.2, 0.25) is 5.91 Å². The molecule has 27 heavy (non-hydrogen) atoms. The molecule has 1 aliphatic rings. The quantitative estimate of drug-likeness (QED) is 0.662. The van der Waals surface area contributed by atoms with Gasteiger partial charge >= 0.3 is 0 Å². The molecule has 0 spiro atoms. The predicted octanol–water partition coefficient (Wildman–Crippen LogP) is 3.38. The van der Waals surface area contributed by atoms with Gasteiger partial charge in [0.25, 0.3) is 0 Å². The number of rotatable bonds is 7. The Morgan fingerprint density at radius 3 is 2.22 bits per heavy atom. The highest BCUT2D eigenvalue weighted by Crippen LogP contribution is 2.25. The summed E-state index contributed by atoms with van der Waals surface area (Å²) in [5.74, 6) is -0.103. The summed E-state index contributed by atoms with van der Waals surface area (Å²) < 4.78 is 25.1. The van der Waals surface area contributed by atoms with Crippen LogP contribution in [-0.4, -0.2) is 43.3 Å². The summed E-state index contributed by atoms with van der Waals surface area (Å²) in [6, 6.07) is 15.0. The van der Waals surface area contributed by atoms with E-state index in [1.54, 1.807) is 36.4 Å². The monoisotopic (exact) mass is 405 g/mol. The minimum atomic E-state index is -3.46. The summed E-state index contributed by atoms with van der Waals surface area (Å²) >= 11 is 5.79. The van der Waals surface area contributed by atoms with Crippen molar-refractivity contribution >= 4 is 33.1 Å². The standard InChI is InChI=1S/C20H20ClNO4S/c21-16-9-11-17(12-10-16)27(25,26)18-13-22(14-18)20(24)8-4-7-19(23)15-5-2-1-3-6-15/h1-3,5-6,9-12,18H,4,7-8,13-14H2. The molecule has 0 aromatic heterocycles. The second-order valence-electron chi connectivity index (χ2n) is 6.56. The van der Waals surface area contributed by atoms with Crippen LogP contribution in [0, 0.1) is 0 Å². The molecule has 5 nitrogen and oxygen atoms in total. The zero-order chi connectivity index (χ0) is 19.4. The molecule has 0 radical (unpaired) electrons. The number of sulfone groups is 1. The Morgan fingerprint density at radius 1 is 0.963 bits per heavy atom. The van der Waals surface area contributed by atoms with Crippen molar-refractivity contribution in [3.05, 3.63) is 65.2 Å². The average Bonchev–Trinajstić information content (AvgIpc) is 2.61. The lowest BCUT2D eigenvalue weighted by Crippen LogP contribution is -2.56. The highest BCUT2D eigenvalue weighted by atomic mass is 35.5. The first-order chi connectivity index (χ1) is 12.9. The molecule has 0 bridgehead atoms. The van der Waals surface area contributed by atoms with E-state index in [2.05, 4.69) is 0 Å². The number of likely N-dealkylation sites (tertiary alicyclic amines) is 1. The minimum Gasteiger partial charge on any atom is -0.340 e. The van der Waals surface area contributed by atoms with Crippen molar-refractivity contribution in [3.8, 4) is 0 Å². The van der Waals surface area contributed by atoms with Crippen LogP contribution in [0.5, 0.6) is 0 Å². The van der Waals surface area contributed by atoms with Gasteiger partial charge in [-0.2, -0.15) is 0 Å². The van der Waals surface area contributed by atoms with Crippen LogP contribution >= 0.6 is 11.6 Å². The van der Waals surface area contributed by atoms with E-state index in [9.17, 15) is 18.0 Å². The summed E-state index contributed by atoms with van der Waals surface area (Å²) in [5.41, 5.74) is 0.642. The van der Waals surface area contributed by atoms with Crippen molar-refractivity contribution < 1.29 is 18.0 Å². The fraction of sp³-hybridized carbons (Fsp3) is 0.300. The fourth-order valence-corrected chi connectivity index (χ4v) is 4.76. The Balaban J connectivity index is 1.46. The minimum absolute atomic E-state index is 0.00945. The number of hydrogen-bond acceptors (Lipinski definition) is 4. The Labute approximate surface area is 163 Å². The second kappa shape index (κ2) is 8.23. The molecule has 2 aromatic rings. The van der Waals surface area contributed by atoms with Crippen LogP contribution in [0.25, 0.3) is 0 Å². The van der Waals surface area contributed by atoms with Crippen molar-refractivity contribution in [2.75, 3.05) is 13.1 Å². The molecule has 3 rings (SSSR count). The maximum absolute atomic E-state index is 12.5. The van der Waals surface area contributed by atoms with Gasteiger partial charge in [-0.05, 0) is 30.7 Å². The van der Waals surface area contributed by atoms with Gasteiger partial charge in [0.1, 0.15) is 5.25 Å². The van der Waals surface area contributed by atoms with E-state index in [1.807, 2.05) is 6.07 Å². The molecule has 142 valence electrons. The molecule has 1 amide bonds. The van der Waals surface area contributed by atoms with Crippen LogP contribution in [0.1, 0.15) is 29.6 Å². The Bertz CT molecular complexity index is 920. The van der Waals surface area contributed by atoms with E-state index in [-0.39, 0.29) is 36.1 Å². The highest BCUT2D eigenvalue weighted by Gasteiger charge is 2.40. The molecule has 0 unspecified atom stereocenters. The molecule has 1 fully saturated rings. The lowest BCUT2D eigenvalue weighted by molar-refractivity contribution is -0.134. The van der Waals surface area contributed by atoms with Crippen LogP contribution in [0.4, 0.5) is 0 Å². The van der Waals surface area contributed by atoms with Crippen molar-refractivity contribution in [2.24, 2.45) is 0 Å². The molecular weight excluding hydrogens is 386 g/mol. The number of amides is 1. The number of hydrogen-bond donors (Lipinski definition) is 0. The molecule has 0 saturated carbocycles. The van der Waals surface area contributed by atoms with E-state index in [1.165, 1.54) is 17.0 Å². The van der Waals surface area contributed by atoms with Gasteiger partial charge in [-0.1, -0.05) is 41.9 Å². The van der Waals surface area contributed by atoms with Crippen molar-refractivity contribution in [1.82, 2.24) is 4.90 Å². The van der Waals surface area contributed by atoms with Crippen LogP contribution in [0.3, 0.4) is 0 Å². The smallest absolute Gasteiger partial charge is 0.222 e. The van der Waals surface area contributed by atoms with Gasteiger partial charge < -0.3 is 4.90 Å².